The molecule has 0 unspecified atom stereocenters. The lowest BCUT2D eigenvalue weighted by Crippen LogP contribution is -2.32. The van der Waals surface area contributed by atoms with E-state index in [-0.39, 0.29) is 22.4 Å². The standard InChI is InChI=1S/C22H25N3O3S/c1-22(2,3)18-10-9-16(21(27)25-18)20(26)23-12-11-19-24-17(13-29-19)14-5-7-15(28-4)8-6-14/h5-10,13H,11-12H2,1-4H3,(H,23,26)(H,25,27). The summed E-state index contributed by atoms with van der Waals surface area (Å²) in [4.78, 5) is 32.0. The van der Waals surface area contributed by atoms with Gasteiger partial charge in [0.2, 0.25) is 0 Å². The molecule has 0 saturated carbocycles. The minimum atomic E-state index is -0.376. The van der Waals surface area contributed by atoms with Crippen LogP contribution in [-0.4, -0.2) is 29.5 Å². The Morgan fingerprint density at radius 2 is 1.90 bits per heavy atom. The Hall–Kier alpha value is -2.93. The lowest BCUT2D eigenvalue weighted by Gasteiger charge is -2.18. The average Bonchev–Trinajstić information content (AvgIpc) is 3.16. The van der Waals surface area contributed by atoms with Gasteiger partial charge in [0, 0.05) is 35.0 Å². The zero-order valence-electron chi connectivity index (χ0n) is 17.0. The summed E-state index contributed by atoms with van der Waals surface area (Å²) in [5.41, 5.74) is 2.28. The van der Waals surface area contributed by atoms with Gasteiger partial charge in [0.1, 0.15) is 11.3 Å². The van der Waals surface area contributed by atoms with Crippen LogP contribution in [0.25, 0.3) is 11.3 Å². The number of aromatic amines is 1. The fraction of sp³-hybridized carbons (Fsp3) is 0.318. The fourth-order valence-corrected chi connectivity index (χ4v) is 3.60. The first-order valence-electron chi connectivity index (χ1n) is 9.39. The number of rotatable bonds is 6. The van der Waals surface area contributed by atoms with Gasteiger partial charge in [-0.05, 0) is 36.4 Å². The summed E-state index contributed by atoms with van der Waals surface area (Å²) in [6, 6.07) is 11.1. The van der Waals surface area contributed by atoms with Crippen LogP contribution in [0, 0.1) is 0 Å². The van der Waals surface area contributed by atoms with Crippen molar-refractivity contribution in [2.75, 3.05) is 13.7 Å². The van der Waals surface area contributed by atoms with Crippen molar-refractivity contribution >= 4 is 17.2 Å². The number of hydrogen-bond donors (Lipinski definition) is 2. The topological polar surface area (TPSA) is 84.1 Å². The van der Waals surface area contributed by atoms with Crippen LogP contribution in [-0.2, 0) is 11.8 Å². The van der Waals surface area contributed by atoms with Crippen LogP contribution in [0.4, 0.5) is 0 Å². The van der Waals surface area contributed by atoms with Crippen LogP contribution < -0.4 is 15.6 Å². The van der Waals surface area contributed by atoms with Gasteiger partial charge in [0.05, 0.1) is 17.8 Å². The van der Waals surface area contributed by atoms with Gasteiger partial charge in [0.15, 0.2) is 0 Å². The summed E-state index contributed by atoms with van der Waals surface area (Å²) in [5, 5.41) is 5.72. The number of ether oxygens (including phenoxy) is 1. The van der Waals surface area contributed by atoms with Crippen molar-refractivity contribution in [2.24, 2.45) is 0 Å². The molecule has 1 amide bonds. The van der Waals surface area contributed by atoms with E-state index in [2.05, 4.69) is 15.3 Å². The maximum Gasteiger partial charge on any atom is 0.261 e. The first kappa shape index (κ1) is 20.8. The second-order valence-electron chi connectivity index (χ2n) is 7.73. The Bertz CT molecular complexity index is 1050. The highest BCUT2D eigenvalue weighted by atomic mass is 32.1. The number of thiazole rings is 1. The highest BCUT2D eigenvalue weighted by Gasteiger charge is 2.17. The van der Waals surface area contributed by atoms with Crippen molar-refractivity contribution in [3.63, 3.8) is 0 Å². The Morgan fingerprint density at radius 1 is 1.17 bits per heavy atom. The van der Waals surface area contributed by atoms with Gasteiger partial charge < -0.3 is 15.0 Å². The summed E-state index contributed by atoms with van der Waals surface area (Å²) in [6.07, 6.45) is 0.602. The highest BCUT2D eigenvalue weighted by molar-refractivity contribution is 7.09. The van der Waals surface area contributed by atoms with Gasteiger partial charge in [-0.1, -0.05) is 20.8 Å². The molecule has 29 heavy (non-hydrogen) atoms. The number of H-pyrrole nitrogens is 1. The van der Waals surface area contributed by atoms with E-state index in [1.165, 1.54) is 0 Å². The first-order chi connectivity index (χ1) is 13.8. The lowest BCUT2D eigenvalue weighted by molar-refractivity contribution is 0.0952. The molecular formula is C22H25N3O3S. The zero-order valence-corrected chi connectivity index (χ0v) is 17.9. The van der Waals surface area contributed by atoms with Crippen molar-refractivity contribution in [1.29, 1.82) is 0 Å². The van der Waals surface area contributed by atoms with Crippen LogP contribution in [0.1, 0.15) is 41.8 Å². The number of carbonyl (C=O) groups excluding carboxylic acids is 1. The Labute approximate surface area is 174 Å². The van der Waals surface area contributed by atoms with Gasteiger partial charge in [-0.15, -0.1) is 11.3 Å². The van der Waals surface area contributed by atoms with E-state index in [1.807, 2.05) is 50.4 Å². The van der Waals surface area contributed by atoms with Crippen LogP contribution in [0.5, 0.6) is 5.75 Å². The molecule has 2 N–H and O–H groups in total. The molecule has 2 heterocycles. The molecule has 0 radical (unpaired) electrons. The monoisotopic (exact) mass is 411 g/mol. The molecule has 0 fully saturated rings. The minimum absolute atomic E-state index is 0.121. The molecule has 2 aromatic heterocycles. The predicted molar refractivity (Wildman–Crippen MR) is 116 cm³/mol. The largest absolute Gasteiger partial charge is 0.497 e. The van der Waals surface area contributed by atoms with Crippen molar-refractivity contribution in [2.45, 2.75) is 32.6 Å². The van der Waals surface area contributed by atoms with Gasteiger partial charge in [0.25, 0.3) is 11.5 Å². The third kappa shape index (κ3) is 5.12. The molecule has 0 aliphatic carbocycles. The number of hydrogen-bond acceptors (Lipinski definition) is 5. The maximum absolute atomic E-state index is 12.3. The highest BCUT2D eigenvalue weighted by Crippen LogP contribution is 2.24. The normalized spacial score (nSPS) is 11.3. The molecular weight excluding hydrogens is 386 g/mol. The molecule has 0 atom stereocenters. The number of amides is 1. The Kier molecular flexibility index (Phi) is 6.17. The second kappa shape index (κ2) is 8.61. The Morgan fingerprint density at radius 3 is 2.52 bits per heavy atom. The molecule has 0 bridgehead atoms. The second-order valence-corrected chi connectivity index (χ2v) is 8.67. The number of nitrogens with zero attached hydrogens (tertiary/aromatic N) is 1. The molecule has 1 aromatic carbocycles. The van der Waals surface area contributed by atoms with Crippen molar-refractivity contribution in [3.05, 3.63) is 68.4 Å². The first-order valence-corrected chi connectivity index (χ1v) is 10.3. The predicted octanol–water partition coefficient (Wildman–Crippen LogP) is 3.78. The third-order valence-corrected chi connectivity index (χ3v) is 5.43. The molecule has 3 rings (SSSR count). The average molecular weight is 412 g/mol. The van der Waals surface area contributed by atoms with E-state index in [0.717, 1.165) is 27.7 Å². The minimum Gasteiger partial charge on any atom is -0.497 e. The molecule has 152 valence electrons. The van der Waals surface area contributed by atoms with E-state index in [1.54, 1.807) is 30.6 Å². The number of benzene rings is 1. The smallest absolute Gasteiger partial charge is 0.261 e. The van der Waals surface area contributed by atoms with Crippen molar-refractivity contribution < 1.29 is 9.53 Å². The fourth-order valence-electron chi connectivity index (χ4n) is 2.79. The molecule has 3 aromatic rings. The molecule has 0 aliphatic heterocycles. The van der Waals surface area contributed by atoms with Gasteiger partial charge >= 0.3 is 0 Å². The van der Waals surface area contributed by atoms with Crippen LogP contribution >= 0.6 is 11.3 Å². The summed E-state index contributed by atoms with van der Waals surface area (Å²) >= 11 is 1.55. The number of aromatic nitrogens is 2. The van der Waals surface area contributed by atoms with Crippen LogP contribution in [0.15, 0.2) is 46.6 Å². The molecule has 0 saturated heterocycles. The third-order valence-electron chi connectivity index (χ3n) is 4.52. The van der Waals surface area contributed by atoms with E-state index in [9.17, 15) is 9.59 Å². The lowest BCUT2D eigenvalue weighted by atomic mass is 9.91. The zero-order chi connectivity index (χ0) is 21.0. The van der Waals surface area contributed by atoms with Crippen LogP contribution in [0.2, 0.25) is 0 Å². The Balaban J connectivity index is 1.58. The maximum atomic E-state index is 12.3. The molecule has 0 aliphatic rings. The van der Waals surface area contributed by atoms with Crippen molar-refractivity contribution in [1.82, 2.24) is 15.3 Å². The van der Waals surface area contributed by atoms with Crippen molar-refractivity contribution in [3.8, 4) is 17.0 Å². The number of methoxy groups -OCH3 is 1. The van der Waals surface area contributed by atoms with E-state index < -0.39 is 0 Å². The van der Waals surface area contributed by atoms with E-state index in [4.69, 9.17) is 4.74 Å². The molecule has 0 spiro atoms. The number of nitrogens with one attached hydrogen (secondary N) is 2. The summed E-state index contributed by atoms with van der Waals surface area (Å²) < 4.78 is 5.17. The number of carbonyl (C=O) groups is 1. The van der Waals surface area contributed by atoms with Crippen LogP contribution in [0.3, 0.4) is 0 Å². The molecule has 7 heteroatoms. The summed E-state index contributed by atoms with van der Waals surface area (Å²) in [7, 11) is 1.64. The SMILES string of the molecule is COc1ccc(-c2csc(CCNC(=O)c3ccc(C(C)(C)C)[nH]c3=O)n2)cc1. The van der Waals surface area contributed by atoms with E-state index in [0.29, 0.717) is 13.0 Å². The summed E-state index contributed by atoms with van der Waals surface area (Å²) in [5.74, 6) is 0.427. The summed E-state index contributed by atoms with van der Waals surface area (Å²) in [6.45, 7) is 6.43. The van der Waals surface area contributed by atoms with Gasteiger partial charge in [-0.3, -0.25) is 9.59 Å². The quantitative estimate of drug-likeness (QED) is 0.647. The number of pyridine rings is 1. The van der Waals surface area contributed by atoms with Gasteiger partial charge in [-0.25, -0.2) is 4.98 Å². The van der Waals surface area contributed by atoms with Gasteiger partial charge in [-0.2, -0.15) is 0 Å². The van der Waals surface area contributed by atoms with E-state index >= 15 is 0 Å². The molecule has 6 nitrogen and oxygen atoms in total.